The van der Waals surface area contributed by atoms with Crippen LogP contribution in [0.5, 0.6) is 11.5 Å². The molecule has 4 rings (SSSR count). The van der Waals surface area contributed by atoms with E-state index in [1.165, 1.54) is 7.11 Å². The van der Waals surface area contributed by atoms with E-state index in [-0.39, 0.29) is 24.9 Å². The van der Waals surface area contributed by atoms with Gasteiger partial charge < -0.3 is 24.3 Å². The molecular weight excluding hydrogens is 274 g/mol. The van der Waals surface area contributed by atoms with Gasteiger partial charge in [-0.1, -0.05) is 6.07 Å². The molecule has 1 saturated carbocycles. The van der Waals surface area contributed by atoms with Gasteiger partial charge in [0.1, 0.15) is 0 Å². The van der Waals surface area contributed by atoms with Crippen molar-refractivity contribution in [1.82, 2.24) is 5.32 Å². The SMILES string of the molecule is COC(=O)N[C@H]1C[C@H]2O[C@H]2C[C@@H]1c1ccc2c(c1)OCO2. The third-order valence-corrected chi connectivity index (χ3v) is 4.46. The van der Waals surface area contributed by atoms with Gasteiger partial charge in [-0.15, -0.1) is 0 Å². The Hall–Kier alpha value is -1.95. The minimum atomic E-state index is -0.398. The van der Waals surface area contributed by atoms with Gasteiger partial charge in [0.15, 0.2) is 11.5 Å². The zero-order valence-corrected chi connectivity index (χ0v) is 11.7. The lowest BCUT2D eigenvalue weighted by Crippen LogP contribution is -2.42. The Balaban J connectivity index is 1.59. The Kier molecular flexibility index (Phi) is 2.92. The molecule has 3 aliphatic rings. The van der Waals surface area contributed by atoms with Crippen LogP contribution in [0.15, 0.2) is 18.2 Å². The molecule has 0 unspecified atom stereocenters. The number of carbonyl (C=O) groups is 1. The summed E-state index contributed by atoms with van der Waals surface area (Å²) < 4.78 is 21.1. The standard InChI is InChI=1S/C15H17NO5/c1-18-15(17)16-10-6-14-13(21-14)5-9(10)8-2-3-11-12(4-8)20-7-19-11/h2-4,9-10,13-14H,5-7H2,1H3,(H,16,17)/t9-,10+,13+,14-/m1/s1. The molecule has 6 heteroatoms. The van der Waals surface area contributed by atoms with Crippen molar-refractivity contribution in [1.29, 1.82) is 0 Å². The van der Waals surface area contributed by atoms with E-state index in [2.05, 4.69) is 5.32 Å². The Morgan fingerprint density at radius 1 is 1.24 bits per heavy atom. The molecule has 112 valence electrons. The Morgan fingerprint density at radius 2 is 2.05 bits per heavy atom. The Labute approximate surface area is 122 Å². The molecule has 2 heterocycles. The van der Waals surface area contributed by atoms with Crippen LogP contribution >= 0.6 is 0 Å². The number of rotatable bonds is 2. The topological polar surface area (TPSA) is 69.3 Å². The lowest BCUT2D eigenvalue weighted by Gasteiger charge is -2.30. The van der Waals surface area contributed by atoms with Crippen LogP contribution in [0.25, 0.3) is 0 Å². The maximum atomic E-state index is 11.5. The smallest absolute Gasteiger partial charge is 0.407 e. The highest BCUT2D eigenvalue weighted by Gasteiger charge is 2.49. The normalized spacial score (nSPS) is 32.2. The van der Waals surface area contributed by atoms with Crippen LogP contribution in [0.3, 0.4) is 0 Å². The first-order valence-electron chi connectivity index (χ1n) is 7.14. The van der Waals surface area contributed by atoms with Crippen LogP contribution in [0, 0.1) is 0 Å². The average Bonchev–Trinajstić information content (AvgIpc) is 3.10. The molecule has 0 bridgehead atoms. The number of fused-ring (bicyclic) bond motifs is 2. The number of nitrogens with one attached hydrogen (secondary N) is 1. The van der Waals surface area contributed by atoms with E-state index in [1.54, 1.807) is 0 Å². The van der Waals surface area contributed by atoms with E-state index in [0.717, 1.165) is 29.9 Å². The summed E-state index contributed by atoms with van der Waals surface area (Å²) in [7, 11) is 1.38. The number of hydrogen-bond acceptors (Lipinski definition) is 5. The van der Waals surface area contributed by atoms with Gasteiger partial charge in [-0.05, 0) is 30.5 Å². The van der Waals surface area contributed by atoms with Crippen LogP contribution in [0.2, 0.25) is 0 Å². The minimum Gasteiger partial charge on any atom is -0.454 e. The van der Waals surface area contributed by atoms with Crippen LogP contribution in [-0.2, 0) is 9.47 Å². The molecular formula is C15H17NO5. The second-order valence-electron chi connectivity index (χ2n) is 5.65. The fourth-order valence-corrected chi connectivity index (χ4v) is 3.30. The number of hydrogen-bond donors (Lipinski definition) is 1. The first-order chi connectivity index (χ1) is 10.2. The monoisotopic (exact) mass is 291 g/mol. The maximum Gasteiger partial charge on any atom is 0.407 e. The third kappa shape index (κ3) is 2.29. The van der Waals surface area contributed by atoms with Crippen LogP contribution in [-0.4, -0.2) is 38.2 Å². The van der Waals surface area contributed by atoms with Crippen molar-refractivity contribution in [3.8, 4) is 11.5 Å². The number of alkyl carbamates (subject to hydrolysis) is 1. The third-order valence-electron chi connectivity index (χ3n) is 4.46. The molecule has 1 aliphatic carbocycles. The number of benzene rings is 1. The zero-order chi connectivity index (χ0) is 14.4. The molecule has 2 aliphatic heterocycles. The number of methoxy groups -OCH3 is 1. The molecule has 1 aromatic rings. The number of ether oxygens (including phenoxy) is 4. The molecule has 2 fully saturated rings. The van der Waals surface area contributed by atoms with E-state index < -0.39 is 6.09 Å². The van der Waals surface area contributed by atoms with E-state index in [1.807, 2.05) is 18.2 Å². The predicted molar refractivity (Wildman–Crippen MR) is 72.5 cm³/mol. The van der Waals surface area contributed by atoms with Crippen molar-refractivity contribution >= 4 is 6.09 Å². The molecule has 4 atom stereocenters. The maximum absolute atomic E-state index is 11.5. The summed E-state index contributed by atoms with van der Waals surface area (Å²) in [6, 6.07) is 5.97. The quantitative estimate of drug-likeness (QED) is 0.841. The zero-order valence-electron chi connectivity index (χ0n) is 11.7. The summed E-state index contributed by atoms with van der Waals surface area (Å²) >= 11 is 0. The first-order valence-corrected chi connectivity index (χ1v) is 7.14. The summed E-state index contributed by atoms with van der Waals surface area (Å²) in [6.45, 7) is 0.265. The van der Waals surface area contributed by atoms with Gasteiger partial charge >= 0.3 is 6.09 Å². The van der Waals surface area contributed by atoms with Crippen LogP contribution < -0.4 is 14.8 Å². The molecule has 1 aromatic carbocycles. The Bertz CT molecular complexity index is 575. The van der Waals surface area contributed by atoms with Crippen LogP contribution in [0.1, 0.15) is 24.3 Å². The summed E-state index contributed by atoms with van der Waals surface area (Å²) in [5.74, 6) is 1.73. The van der Waals surface area contributed by atoms with Crippen LogP contribution in [0.4, 0.5) is 4.79 Å². The average molecular weight is 291 g/mol. The first kappa shape index (κ1) is 12.8. The Morgan fingerprint density at radius 3 is 2.90 bits per heavy atom. The molecule has 1 amide bonds. The lowest BCUT2D eigenvalue weighted by atomic mass is 9.80. The van der Waals surface area contributed by atoms with Crippen molar-refractivity contribution in [2.45, 2.75) is 37.0 Å². The highest BCUT2D eigenvalue weighted by molar-refractivity contribution is 5.67. The van der Waals surface area contributed by atoms with Crippen molar-refractivity contribution < 1.29 is 23.7 Å². The van der Waals surface area contributed by atoms with E-state index in [0.29, 0.717) is 6.10 Å². The number of amides is 1. The predicted octanol–water partition coefficient (Wildman–Crippen LogP) is 1.78. The highest BCUT2D eigenvalue weighted by atomic mass is 16.7. The van der Waals surface area contributed by atoms with Crippen molar-refractivity contribution in [2.24, 2.45) is 0 Å². The molecule has 0 aromatic heterocycles. The molecule has 0 spiro atoms. The van der Waals surface area contributed by atoms with Gasteiger partial charge in [0, 0.05) is 12.0 Å². The fraction of sp³-hybridized carbons (Fsp3) is 0.533. The second-order valence-corrected chi connectivity index (χ2v) is 5.65. The van der Waals surface area contributed by atoms with Crippen molar-refractivity contribution in [3.05, 3.63) is 23.8 Å². The molecule has 0 radical (unpaired) electrons. The molecule has 6 nitrogen and oxygen atoms in total. The van der Waals surface area contributed by atoms with Crippen molar-refractivity contribution in [3.63, 3.8) is 0 Å². The second kappa shape index (κ2) is 4.80. The van der Waals surface area contributed by atoms with E-state index in [4.69, 9.17) is 18.9 Å². The summed E-state index contributed by atoms with van der Waals surface area (Å²) in [6.07, 6.45) is 1.91. The summed E-state index contributed by atoms with van der Waals surface area (Å²) in [5, 5.41) is 2.93. The molecule has 1 N–H and O–H groups in total. The highest BCUT2D eigenvalue weighted by Crippen LogP contribution is 2.45. The van der Waals surface area contributed by atoms with Crippen molar-refractivity contribution in [2.75, 3.05) is 13.9 Å². The van der Waals surface area contributed by atoms with Gasteiger partial charge in [-0.2, -0.15) is 0 Å². The molecule has 21 heavy (non-hydrogen) atoms. The van der Waals surface area contributed by atoms with Gasteiger partial charge in [0.05, 0.1) is 19.3 Å². The van der Waals surface area contributed by atoms with Gasteiger partial charge in [0.2, 0.25) is 6.79 Å². The van der Waals surface area contributed by atoms with Gasteiger partial charge in [-0.25, -0.2) is 4.79 Å². The van der Waals surface area contributed by atoms with Gasteiger partial charge in [-0.3, -0.25) is 0 Å². The number of carbonyl (C=O) groups excluding carboxylic acids is 1. The number of epoxide rings is 1. The van der Waals surface area contributed by atoms with Gasteiger partial charge in [0.25, 0.3) is 0 Å². The fourth-order valence-electron chi connectivity index (χ4n) is 3.30. The largest absolute Gasteiger partial charge is 0.454 e. The lowest BCUT2D eigenvalue weighted by molar-refractivity contribution is 0.162. The summed E-state index contributed by atoms with van der Waals surface area (Å²) in [5.41, 5.74) is 1.13. The van der Waals surface area contributed by atoms with E-state index >= 15 is 0 Å². The summed E-state index contributed by atoms with van der Waals surface area (Å²) in [4.78, 5) is 11.5. The minimum absolute atomic E-state index is 0.0153. The molecule has 1 saturated heterocycles. The van der Waals surface area contributed by atoms with E-state index in [9.17, 15) is 4.79 Å².